The van der Waals surface area contributed by atoms with Crippen molar-refractivity contribution in [2.24, 2.45) is 0 Å². The summed E-state index contributed by atoms with van der Waals surface area (Å²) in [6.07, 6.45) is 1.87. The Kier molecular flexibility index (Phi) is 4.13. The topological polar surface area (TPSA) is 30.5 Å². The molecule has 2 rings (SSSR count). The molecule has 94 valence electrons. The Morgan fingerprint density at radius 2 is 2.12 bits per heavy atom. The van der Waals surface area contributed by atoms with Crippen LogP contribution in [0.1, 0.15) is 18.1 Å². The summed E-state index contributed by atoms with van der Waals surface area (Å²) in [5.41, 5.74) is 2.42. The average Bonchev–Trinajstić information content (AvgIpc) is 2.36. The SMILES string of the molecule is CCc1c(CCNC)cc2c(c1Cl)OCCO2. The molecule has 0 fully saturated rings. The molecule has 1 aromatic carbocycles. The standard InChI is InChI=1S/C13H18ClNO2/c1-3-10-9(4-5-15-2)8-11-13(12(10)14)17-7-6-16-11/h8,15H,3-7H2,1-2H3. The van der Waals surface area contributed by atoms with E-state index in [1.54, 1.807) is 0 Å². The molecular weight excluding hydrogens is 238 g/mol. The summed E-state index contributed by atoms with van der Waals surface area (Å²) in [7, 11) is 1.95. The third kappa shape index (κ3) is 2.50. The lowest BCUT2D eigenvalue weighted by Gasteiger charge is -2.22. The quantitative estimate of drug-likeness (QED) is 0.897. The Hall–Kier alpha value is -0.930. The molecule has 1 N–H and O–H groups in total. The monoisotopic (exact) mass is 255 g/mol. The summed E-state index contributed by atoms with van der Waals surface area (Å²) in [5, 5.41) is 3.87. The lowest BCUT2D eigenvalue weighted by atomic mass is 10.0. The van der Waals surface area contributed by atoms with Crippen LogP contribution in [0.25, 0.3) is 0 Å². The predicted molar refractivity (Wildman–Crippen MR) is 69.5 cm³/mol. The Morgan fingerprint density at radius 1 is 1.35 bits per heavy atom. The highest BCUT2D eigenvalue weighted by atomic mass is 35.5. The van der Waals surface area contributed by atoms with E-state index in [0.29, 0.717) is 19.0 Å². The number of hydrogen-bond donors (Lipinski definition) is 1. The van der Waals surface area contributed by atoms with Gasteiger partial charge < -0.3 is 14.8 Å². The van der Waals surface area contributed by atoms with Crippen LogP contribution < -0.4 is 14.8 Å². The molecule has 1 aliphatic heterocycles. The van der Waals surface area contributed by atoms with E-state index in [1.165, 1.54) is 11.1 Å². The highest BCUT2D eigenvalue weighted by Gasteiger charge is 2.20. The lowest BCUT2D eigenvalue weighted by Crippen LogP contribution is -2.17. The van der Waals surface area contributed by atoms with Gasteiger partial charge in [-0.1, -0.05) is 18.5 Å². The van der Waals surface area contributed by atoms with Crippen molar-refractivity contribution in [3.05, 3.63) is 22.2 Å². The maximum absolute atomic E-state index is 6.39. The van der Waals surface area contributed by atoms with Crippen LogP contribution in [0.3, 0.4) is 0 Å². The second-order valence-corrected chi connectivity index (χ2v) is 4.44. The molecule has 0 atom stereocenters. The van der Waals surface area contributed by atoms with Crippen LogP contribution >= 0.6 is 11.6 Å². The van der Waals surface area contributed by atoms with Crippen molar-refractivity contribution in [3.8, 4) is 11.5 Å². The number of ether oxygens (including phenoxy) is 2. The molecule has 17 heavy (non-hydrogen) atoms. The molecule has 0 aliphatic carbocycles. The smallest absolute Gasteiger partial charge is 0.180 e. The van der Waals surface area contributed by atoms with Gasteiger partial charge in [-0.3, -0.25) is 0 Å². The Labute approximate surface area is 107 Å². The molecule has 4 heteroatoms. The third-order valence-corrected chi connectivity index (χ3v) is 3.37. The van der Waals surface area contributed by atoms with Gasteiger partial charge in [-0.25, -0.2) is 0 Å². The molecular formula is C13H18ClNO2. The van der Waals surface area contributed by atoms with Crippen molar-refractivity contribution in [1.82, 2.24) is 5.32 Å². The van der Waals surface area contributed by atoms with Gasteiger partial charge in [0.25, 0.3) is 0 Å². The van der Waals surface area contributed by atoms with E-state index in [-0.39, 0.29) is 0 Å². The Morgan fingerprint density at radius 3 is 2.82 bits per heavy atom. The molecule has 1 aliphatic rings. The van der Waals surface area contributed by atoms with E-state index in [2.05, 4.69) is 18.3 Å². The van der Waals surface area contributed by atoms with Crippen LogP contribution in [0, 0.1) is 0 Å². The summed E-state index contributed by atoms with van der Waals surface area (Å²) in [5.74, 6) is 1.49. The number of halogens is 1. The van der Waals surface area contributed by atoms with Crippen molar-refractivity contribution in [3.63, 3.8) is 0 Å². The first-order valence-electron chi connectivity index (χ1n) is 6.02. The van der Waals surface area contributed by atoms with Gasteiger partial charge >= 0.3 is 0 Å². The van der Waals surface area contributed by atoms with Gasteiger partial charge in [-0.05, 0) is 43.6 Å². The molecule has 1 aromatic rings. The largest absolute Gasteiger partial charge is 0.486 e. The zero-order valence-electron chi connectivity index (χ0n) is 10.3. The fourth-order valence-electron chi connectivity index (χ4n) is 2.10. The molecule has 0 saturated heterocycles. The first kappa shape index (κ1) is 12.5. The van der Waals surface area contributed by atoms with Crippen molar-refractivity contribution in [1.29, 1.82) is 0 Å². The second-order valence-electron chi connectivity index (χ2n) is 4.06. The van der Waals surface area contributed by atoms with Crippen LogP contribution in [-0.2, 0) is 12.8 Å². The van der Waals surface area contributed by atoms with Gasteiger partial charge in [0, 0.05) is 0 Å². The Bertz CT molecular complexity index is 407. The summed E-state index contributed by atoms with van der Waals surface area (Å²) >= 11 is 6.39. The van der Waals surface area contributed by atoms with Crippen molar-refractivity contribution < 1.29 is 9.47 Å². The first-order chi connectivity index (χ1) is 8.27. The normalized spacial score (nSPS) is 13.8. The number of likely N-dealkylation sites (N-methyl/N-ethyl adjacent to an activating group) is 1. The zero-order chi connectivity index (χ0) is 12.3. The molecule has 0 aromatic heterocycles. The molecule has 0 spiro atoms. The number of hydrogen-bond acceptors (Lipinski definition) is 3. The fourth-order valence-corrected chi connectivity index (χ4v) is 2.50. The molecule has 3 nitrogen and oxygen atoms in total. The second kappa shape index (κ2) is 5.61. The van der Waals surface area contributed by atoms with Gasteiger partial charge in [0.15, 0.2) is 11.5 Å². The number of benzene rings is 1. The van der Waals surface area contributed by atoms with E-state index >= 15 is 0 Å². The number of rotatable bonds is 4. The van der Waals surface area contributed by atoms with Crippen molar-refractivity contribution >= 4 is 11.6 Å². The first-order valence-corrected chi connectivity index (χ1v) is 6.40. The summed E-state index contributed by atoms with van der Waals surface area (Å²) in [6, 6.07) is 2.07. The van der Waals surface area contributed by atoms with Gasteiger partial charge in [-0.15, -0.1) is 0 Å². The predicted octanol–water partition coefficient (Wildman–Crippen LogP) is 2.44. The molecule has 1 heterocycles. The lowest BCUT2D eigenvalue weighted by molar-refractivity contribution is 0.171. The minimum Gasteiger partial charge on any atom is -0.486 e. The van der Waals surface area contributed by atoms with Crippen LogP contribution in [-0.4, -0.2) is 26.8 Å². The van der Waals surface area contributed by atoms with E-state index in [4.69, 9.17) is 21.1 Å². The van der Waals surface area contributed by atoms with E-state index in [9.17, 15) is 0 Å². The fraction of sp³-hybridized carbons (Fsp3) is 0.538. The minimum absolute atomic E-state index is 0.575. The van der Waals surface area contributed by atoms with Gasteiger partial charge in [0.05, 0.1) is 5.02 Å². The number of fused-ring (bicyclic) bond motifs is 1. The van der Waals surface area contributed by atoms with Gasteiger partial charge in [0.1, 0.15) is 13.2 Å². The van der Waals surface area contributed by atoms with Crippen molar-refractivity contribution in [2.75, 3.05) is 26.8 Å². The third-order valence-electron chi connectivity index (χ3n) is 2.97. The molecule has 0 unspecified atom stereocenters. The summed E-state index contributed by atoms with van der Waals surface area (Å²) in [6.45, 7) is 4.22. The molecule has 0 radical (unpaired) electrons. The van der Waals surface area contributed by atoms with Crippen LogP contribution in [0.5, 0.6) is 11.5 Å². The average molecular weight is 256 g/mol. The van der Waals surface area contributed by atoms with Crippen LogP contribution in [0.15, 0.2) is 6.07 Å². The van der Waals surface area contributed by atoms with Gasteiger partial charge in [0.2, 0.25) is 0 Å². The van der Waals surface area contributed by atoms with Crippen LogP contribution in [0.4, 0.5) is 0 Å². The molecule has 0 bridgehead atoms. The number of nitrogens with one attached hydrogen (secondary N) is 1. The zero-order valence-corrected chi connectivity index (χ0v) is 11.1. The molecule has 0 saturated carbocycles. The van der Waals surface area contributed by atoms with Crippen LogP contribution in [0.2, 0.25) is 5.02 Å². The highest BCUT2D eigenvalue weighted by molar-refractivity contribution is 6.33. The van der Waals surface area contributed by atoms with Gasteiger partial charge in [-0.2, -0.15) is 0 Å². The Balaban J connectivity index is 2.40. The summed E-state index contributed by atoms with van der Waals surface area (Å²) in [4.78, 5) is 0. The maximum Gasteiger partial charge on any atom is 0.180 e. The highest BCUT2D eigenvalue weighted by Crippen LogP contribution is 2.41. The minimum atomic E-state index is 0.575. The maximum atomic E-state index is 6.39. The van der Waals surface area contributed by atoms with E-state index in [0.717, 1.165) is 30.2 Å². The van der Waals surface area contributed by atoms with E-state index < -0.39 is 0 Å². The molecule has 0 amide bonds. The van der Waals surface area contributed by atoms with E-state index in [1.807, 2.05) is 7.05 Å². The summed E-state index contributed by atoms with van der Waals surface area (Å²) < 4.78 is 11.2. The van der Waals surface area contributed by atoms with Crippen molar-refractivity contribution in [2.45, 2.75) is 19.8 Å².